The molecule has 0 amide bonds. The summed E-state index contributed by atoms with van der Waals surface area (Å²) in [6, 6.07) is 45.4. The number of rotatable bonds is 4. The molecule has 0 atom stereocenters. The van der Waals surface area contributed by atoms with E-state index < -0.39 is 0 Å². The molecule has 4 heteroatoms. The fraction of sp³-hybridized carbons (Fsp3) is 0.269. The molecule has 7 aromatic rings. The van der Waals surface area contributed by atoms with Crippen LogP contribution in [0.5, 0.6) is 0 Å². The second-order valence-electron chi connectivity index (χ2n) is 16.7. The zero-order chi connectivity index (χ0) is 38.0. The van der Waals surface area contributed by atoms with E-state index in [1.165, 1.54) is 112 Å². The van der Waals surface area contributed by atoms with Gasteiger partial charge in [0, 0.05) is 0 Å². The maximum atomic E-state index is 3.06. The van der Waals surface area contributed by atoms with Crippen LogP contribution >= 0.6 is 24.8 Å². The Hall–Kier alpha value is -3.00. The second kappa shape index (κ2) is 21.1. The fourth-order valence-corrected chi connectivity index (χ4v) is 7.06. The molecule has 0 N–H and O–H groups in total. The third-order valence-corrected chi connectivity index (χ3v) is 10.4. The van der Waals surface area contributed by atoms with Crippen LogP contribution in [0, 0.1) is 35.6 Å². The molecular weight excluding hydrogens is 815 g/mol. The van der Waals surface area contributed by atoms with Crippen LogP contribution in [-0.4, -0.2) is 6.88 Å². The van der Waals surface area contributed by atoms with Crippen molar-refractivity contribution < 1.29 is 23.3 Å². The van der Waals surface area contributed by atoms with Gasteiger partial charge in [0.1, 0.15) is 0 Å². The SMILES string of the molecule is Cc1cc2c(-c3ccc(C(C)(C)C)cc3)cc(-c3ccc(C(C)(C)C)cc3)cc2[cH-]1.Cc1cccc(-c2cccc3[cH-]c(C(C)C)cc23)c1C.Cl.Cl.[CH3-].[CH3-].[Si]=[Zr]. The molecule has 56 heavy (non-hydrogen) atoms. The van der Waals surface area contributed by atoms with E-state index in [0.717, 1.165) is 0 Å². The first kappa shape index (κ1) is 51.0. The van der Waals surface area contributed by atoms with E-state index in [9.17, 15) is 0 Å². The molecule has 0 aromatic heterocycles. The van der Waals surface area contributed by atoms with Crippen LogP contribution in [0.25, 0.3) is 54.9 Å². The summed E-state index contributed by atoms with van der Waals surface area (Å²) in [7, 11) is 0. The first-order valence-corrected chi connectivity index (χ1v) is 22.7. The summed E-state index contributed by atoms with van der Waals surface area (Å²) >= 11 is 1.36. The van der Waals surface area contributed by atoms with Crippen LogP contribution < -0.4 is 0 Å². The Bertz CT molecular complexity index is 2290. The van der Waals surface area contributed by atoms with E-state index in [1.54, 1.807) is 0 Å². The molecule has 0 heterocycles. The molecule has 0 unspecified atom stereocenters. The summed E-state index contributed by atoms with van der Waals surface area (Å²) in [5.41, 5.74) is 16.4. The summed E-state index contributed by atoms with van der Waals surface area (Å²) in [5.74, 6) is 0.578. The van der Waals surface area contributed by atoms with E-state index in [2.05, 4.69) is 204 Å². The number of hydrogen-bond donors (Lipinski definition) is 0. The predicted octanol–water partition coefficient (Wildman–Crippen LogP) is 16.1. The Labute approximate surface area is 369 Å². The summed E-state index contributed by atoms with van der Waals surface area (Å²) in [4.78, 5) is 0. The van der Waals surface area contributed by atoms with Gasteiger partial charge in [-0.25, -0.2) is 0 Å². The molecule has 0 aliphatic rings. The molecular formula is C52H62Cl2SiZr-4. The number of halogens is 2. The van der Waals surface area contributed by atoms with Crippen LogP contribution in [0.15, 0.2) is 121 Å². The minimum absolute atomic E-state index is 0. The minimum atomic E-state index is 0. The molecule has 0 aliphatic carbocycles. The van der Waals surface area contributed by atoms with Gasteiger partial charge < -0.3 is 14.9 Å². The van der Waals surface area contributed by atoms with Crippen molar-refractivity contribution in [3.05, 3.63) is 170 Å². The Morgan fingerprint density at radius 1 is 0.518 bits per heavy atom. The van der Waals surface area contributed by atoms with Crippen molar-refractivity contribution >= 4 is 53.2 Å². The van der Waals surface area contributed by atoms with Gasteiger partial charge in [-0.1, -0.05) is 158 Å². The fourth-order valence-electron chi connectivity index (χ4n) is 7.06. The summed E-state index contributed by atoms with van der Waals surface area (Å²) in [5, 5.41) is 5.39. The van der Waals surface area contributed by atoms with Crippen molar-refractivity contribution in [2.75, 3.05) is 0 Å². The van der Waals surface area contributed by atoms with E-state index in [1.807, 2.05) is 0 Å². The van der Waals surface area contributed by atoms with E-state index in [4.69, 9.17) is 0 Å². The molecule has 0 saturated heterocycles. The summed E-state index contributed by atoms with van der Waals surface area (Å²) in [6.07, 6.45) is 0. The van der Waals surface area contributed by atoms with Crippen LogP contribution in [0.3, 0.4) is 0 Å². The molecule has 0 fully saturated rings. The van der Waals surface area contributed by atoms with Gasteiger partial charge in [-0.2, -0.15) is 12.1 Å². The van der Waals surface area contributed by atoms with Gasteiger partial charge in [0.2, 0.25) is 0 Å². The van der Waals surface area contributed by atoms with Crippen molar-refractivity contribution in [1.29, 1.82) is 0 Å². The Kier molecular flexibility index (Phi) is 19.3. The third-order valence-electron chi connectivity index (χ3n) is 10.4. The second-order valence-corrected chi connectivity index (χ2v) is 16.7. The zero-order valence-corrected chi connectivity index (χ0v) is 41.0. The van der Waals surface area contributed by atoms with Crippen LogP contribution in [0.4, 0.5) is 0 Å². The summed E-state index contributed by atoms with van der Waals surface area (Å²) in [6.45, 7) is 27.8. The van der Waals surface area contributed by atoms with Crippen LogP contribution in [-0.2, 0) is 34.2 Å². The van der Waals surface area contributed by atoms with Crippen LogP contribution in [0.1, 0.15) is 94.7 Å². The average molecular weight is 877 g/mol. The van der Waals surface area contributed by atoms with Crippen molar-refractivity contribution in [3.63, 3.8) is 0 Å². The van der Waals surface area contributed by atoms with Gasteiger partial charge in [0.15, 0.2) is 0 Å². The Balaban J connectivity index is 0.000000532. The quantitative estimate of drug-likeness (QED) is 0.122. The molecule has 0 spiro atoms. The zero-order valence-electron chi connectivity index (χ0n) is 35.9. The van der Waals surface area contributed by atoms with Gasteiger partial charge in [-0.15, -0.1) is 87.8 Å². The maximum absolute atomic E-state index is 3.06. The van der Waals surface area contributed by atoms with Gasteiger partial charge in [-0.05, 0) is 69.5 Å². The van der Waals surface area contributed by atoms with Crippen molar-refractivity contribution in [1.82, 2.24) is 0 Å². The average Bonchev–Trinajstić information content (AvgIpc) is 3.73. The van der Waals surface area contributed by atoms with Gasteiger partial charge in [0.05, 0.1) is 0 Å². The van der Waals surface area contributed by atoms with E-state index in [-0.39, 0.29) is 50.5 Å². The molecule has 7 aromatic carbocycles. The number of fused-ring (bicyclic) bond motifs is 2. The molecule has 0 saturated carbocycles. The van der Waals surface area contributed by atoms with Gasteiger partial charge >= 0.3 is 30.2 Å². The van der Waals surface area contributed by atoms with E-state index >= 15 is 0 Å². The van der Waals surface area contributed by atoms with Crippen molar-refractivity contribution in [3.8, 4) is 33.4 Å². The number of hydrogen-bond acceptors (Lipinski definition) is 0. The third kappa shape index (κ3) is 11.6. The Morgan fingerprint density at radius 2 is 1.02 bits per heavy atom. The molecule has 7 rings (SSSR count). The standard InChI is InChI=1S/C30H33.C20H21.2CH3.2ClH.Si.Zr/c1-20-16-24-18-23(21-8-12-25(13-9-21)29(2,3)4)19-28(27(24)17-20)22-10-14-26(15-11-22)30(5,6)7;1-13(2)17-11-16-8-6-10-19(20(16)12-17)18-9-5-7-14(3)15(18)4;;;;;;/h8-19H,1-7H3;5-13H,1-4H3;2*1H3;2*1H;;/q4*-1;;;;. The normalized spacial score (nSPS) is 10.8. The van der Waals surface area contributed by atoms with E-state index in [0.29, 0.717) is 5.92 Å². The summed E-state index contributed by atoms with van der Waals surface area (Å²) < 4.78 is 0. The monoisotopic (exact) mass is 874 g/mol. The Morgan fingerprint density at radius 3 is 1.55 bits per heavy atom. The molecule has 0 aliphatic heterocycles. The predicted molar refractivity (Wildman–Crippen MR) is 254 cm³/mol. The van der Waals surface area contributed by atoms with Crippen LogP contribution in [0.2, 0.25) is 0 Å². The molecule has 0 nitrogen and oxygen atoms in total. The number of benzene rings is 5. The van der Waals surface area contributed by atoms with Gasteiger partial charge in [-0.3, -0.25) is 0 Å². The van der Waals surface area contributed by atoms with Gasteiger partial charge in [0.25, 0.3) is 0 Å². The molecule has 2 radical (unpaired) electrons. The molecule has 296 valence electrons. The number of aryl methyl sites for hydroxylation is 2. The topological polar surface area (TPSA) is 0 Å². The first-order valence-electron chi connectivity index (χ1n) is 18.5. The molecule has 0 bridgehead atoms. The van der Waals surface area contributed by atoms with Crippen molar-refractivity contribution in [2.45, 2.75) is 92.9 Å². The van der Waals surface area contributed by atoms with Crippen molar-refractivity contribution in [2.24, 2.45) is 0 Å². The first-order chi connectivity index (χ1) is 24.6.